The molecule has 16 heavy (non-hydrogen) atoms. The Labute approximate surface area is 96.0 Å². The van der Waals surface area contributed by atoms with Gasteiger partial charge in [0.25, 0.3) is 0 Å². The number of fused-ring (bicyclic) bond motifs is 1. The van der Waals surface area contributed by atoms with E-state index >= 15 is 0 Å². The van der Waals surface area contributed by atoms with Crippen LogP contribution in [0.25, 0.3) is 0 Å². The van der Waals surface area contributed by atoms with Crippen molar-refractivity contribution in [1.82, 2.24) is 0 Å². The summed E-state index contributed by atoms with van der Waals surface area (Å²) in [5.41, 5.74) is 0.830. The SMILES string of the molecule is COc1ccc2c(c1)C(O)CC(C(C)C)O2. The van der Waals surface area contributed by atoms with E-state index in [-0.39, 0.29) is 6.10 Å². The number of ether oxygens (including phenoxy) is 2. The summed E-state index contributed by atoms with van der Waals surface area (Å²) in [7, 11) is 1.62. The van der Waals surface area contributed by atoms with E-state index in [1.807, 2.05) is 18.2 Å². The van der Waals surface area contributed by atoms with Crippen LogP contribution in [-0.2, 0) is 0 Å². The maximum Gasteiger partial charge on any atom is 0.125 e. The number of rotatable bonds is 2. The number of aliphatic hydroxyl groups excluding tert-OH is 1. The summed E-state index contributed by atoms with van der Waals surface area (Å²) in [5, 5.41) is 10.1. The van der Waals surface area contributed by atoms with Crippen LogP contribution in [0.3, 0.4) is 0 Å². The minimum absolute atomic E-state index is 0.0934. The van der Waals surface area contributed by atoms with E-state index in [0.29, 0.717) is 12.3 Å². The predicted molar refractivity (Wildman–Crippen MR) is 61.8 cm³/mol. The van der Waals surface area contributed by atoms with Gasteiger partial charge in [0.1, 0.15) is 17.6 Å². The summed E-state index contributed by atoms with van der Waals surface area (Å²) in [6.07, 6.45) is 0.292. The number of hydrogen-bond acceptors (Lipinski definition) is 3. The van der Waals surface area contributed by atoms with Crippen LogP contribution >= 0.6 is 0 Å². The fourth-order valence-electron chi connectivity index (χ4n) is 1.99. The summed E-state index contributed by atoms with van der Waals surface area (Å²) in [5.74, 6) is 1.94. The largest absolute Gasteiger partial charge is 0.497 e. The monoisotopic (exact) mass is 222 g/mol. The van der Waals surface area contributed by atoms with Crippen molar-refractivity contribution >= 4 is 0 Å². The molecule has 0 saturated heterocycles. The van der Waals surface area contributed by atoms with Crippen molar-refractivity contribution in [3.63, 3.8) is 0 Å². The molecule has 1 aromatic rings. The molecule has 1 N–H and O–H groups in total. The topological polar surface area (TPSA) is 38.7 Å². The quantitative estimate of drug-likeness (QED) is 0.835. The second-order valence-corrected chi connectivity index (χ2v) is 4.56. The highest BCUT2D eigenvalue weighted by Gasteiger charge is 2.29. The van der Waals surface area contributed by atoms with Gasteiger partial charge in [-0.25, -0.2) is 0 Å². The molecule has 2 atom stereocenters. The first-order valence-electron chi connectivity index (χ1n) is 5.64. The fourth-order valence-corrected chi connectivity index (χ4v) is 1.99. The summed E-state index contributed by atoms with van der Waals surface area (Å²) < 4.78 is 11.0. The van der Waals surface area contributed by atoms with Crippen molar-refractivity contribution in [1.29, 1.82) is 0 Å². The van der Waals surface area contributed by atoms with E-state index in [1.54, 1.807) is 7.11 Å². The van der Waals surface area contributed by atoms with Crippen LogP contribution in [-0.4, -0.2) is 18.3 Å². The Morgan fingerprint density at radius 2 is 2.19 bits per heavy atom. The van der Waals surface area contributed by atoms with Gasteiger partial charge >= 0.3 is 0 Å². The van der Waals surface area contributed by atoms with Gasteiger partial charge in [0.15, 0.2) is 0 Å². The zero-order chi connectivity index (χ0) is 11.7. The van der Waals surface area contributed by atoms with Crippen molar-refractivity contribution in [3.05, 3.63) is 23.8 Å². The third-order valence-electron chi connectivity index (χ3n) is 3.05. The lowest BCUT2D eigenvalue weighted by atomic mass is 9.93. The van der Waals surface area contributed by atoms with Crippen molar-refractivity contribution in [3.8, 4) is 11.5 Å². The Bertz CT molecular complexity index is 373. The molecule has 0 fully saturated rings. The van der Waals surface area contributed by atoms with E-state index in [4.69, 9.17) is 9.47 Å². The molecule has 2 rings (SSSR count). The molecule has 0 amide bonds. The number of hydrogen-bond donors (Lipinski definition) is 1. The van der Waals surface area contributed by atoms with Gasteiger partial charge in [-0.3, -0.25) is 0 Å². The van der Waals surface area contributed by atoms with Gasteiger partial charge in [0.2, 0.25) is 0 Å². The molecule has 88 valence electrons. The van der Waals surface area contributed by atoms with Gasteiger partial charge in [0, 0.05) is 12.0 Å². The van der Waals surface area contributed by atoms with Crippen LogP contribution in [0.15, 0.2) is 18.2 Å². The van der Waals surface area contributed by atoms with Crippen LogP contribution in [0.2, 0.25) is 0 Å². The van der Waals surface area contributed by atoms with Crippen LogP contribution in [0.5, 0.6) is 11.5 Å². The van der Waals surface area contributed by atoms with Crippen LogP contribution < -0.4 is 9.47 Å². The Morgan fingerprint density at radius 3 is 2.81 bits per heavy atom. The first-order valence-corrected chi connectivity index (χ1v) is 5.64. The van der Waals surface area contributed by atoms with Gasteiger partial charge in [-0.15, -0.1) is 0 Å². The molecule has 3 nitrogen and oxygen atoms in total. The molecule has 1 heterocycles. The minimum Gasteiger partial charge on any atom is -0.497 e. The van der Waals surface area contributed by atoms with E-state index in [9.17, 15) is 5.11 Å². The molecule has 0 aliphatic carbocycles. The number of aliphatic hydroxyl groups is 1. The lowest BCUT2D eigenvalue weighted by Crippen LogP contribution is -2.30. The first kappa shape index (κ1) is 11.3. The summed E-state index contributed by atoms with van der Waals surface area (Å²) in [4.78, 5) is 0. The predicted octanol–water partition coefficient (Wildman–Crippen LogP) is 2.54. The molecule has 0 radical (unpaired) electrons. The summed E-state index contributed by atoms with van der Waals surface area (Å²) in [6, 6.07) is 5.57. The van der Waals surface area contributed by atoms with Gasteiger partial charge < -0.3 is 14.6 Å². The van der Waals surface area contributed by atoms with E-state index in [0.717, 1.165) is 17.1 Å². The Morgan fingerprint density at radius 1 is 1.44 bits per heavy atom. The highest BCUT2D eigenvalue weighted by molar-refractivity contribution is 5.43. The van der Waals surface area contributed by atoms with Crippen molar-refractivity contribution in [2.24, 2.45) is 5.92 Å². The molecule has 3 heteroatoms. The first-order chi connectivity index (χ1) is 7.61. The minimum atomic E-state index is -0.453. The normalized spacial score (nSPS) is 23.8. The van der Waals surface area contributed by atoms with Gasteiger partial charge in [-0.2, -0.15) is 0 Å². The van der Waals surface area contributed by atoms with Gasteiger partial charge in [0.05, 0.1) is 13.2 Å². The van der Waals surface area contributed by atoms with Crippen molar-refractivity contribution in [2.45, 2.75) is 32.5 Å². The summed E-state index contributed by atoms with van der Waals surface area (Å²) >= 11 is 0. The molecular weight excluding hydrogens is 204 g/mol. The number of benzene rings is 1. The zero-order valence-electron chi connectivity index (χ0n) is 9.93. The Balaban J connectivity index is 2.30. The molecule has 0 spiro atoms. The van der Waals surface area contributed by atoms with Crippen LogP contribution in [0.1, 0.15) is 31.9 Å². The third kappa shape index (κ3) is 2.00. The fraction of sp³-hybridized carbons (Fsp3) is 0.538. The van der Waals surface area contributed by atoms with Crippen LogP contribution in [0.4, 0.5) is 0 Å². The van der Waals surface area contributed by atoms with Crippen LogP contribution in [0, 0.1) is 5.92 Å². The maximum absolute atomic E-state index is 10.1. The maximum atomic E-state index is 10.1. The molecule has 1 aliphatic heterocycles. The highest BCUT2D eigenvalue weighted by atomic mass is 16.5. The highest BCUT2D eigenvalue weighted by Crippen LogP contribution is 2.38. The van der Waals surface area contributed by atoms with Gasteiger partial charge in [-0.1, -0.05) is 13.8 Å². The average Bonchev–Trinajstić information content (AvgIpc) is 2.28. The number of methoxy groups -OCH3 is 1. The second-order valence-electron chi connectivity index (χ2n) is 4.56. The molecule has 1 aliphatic rings. The molecule has 0 saturated carbocycles. The van der Waals surface area contributed by atoms with Gasteiger partial charge in [-0.05, 0) is 24.1 Å². The van der Waals surface area contributed by atoms with E-state index in [2.05, 4.69) is 13.8 Å². The second kappa shape index (κ2) is 4.34. The molecule has 0 bridgehead atoms. The summed E-state index contributed by atoms with van der Waals surface area (Å²) in [6.45, 7) is 4.21. The van der Waals surface area contributed by atoms with Crippen molar-refractivity contribution in [2.75, 3.05) is 7.11 Å². The Kier molecular flexibility index (Phi) is 3.06. The Hall–Kier alpha value is -1.22. The third-order valence-corrected chi connectivity index (χ3v) is 3.05. The molecule has 2 unspecified atom stereocenters. The molecule has 0 aromatic heterocycles. The average molecular weight is 222 g/mol. The van der Waals surface area contributed by atoms with E-state index < -0.39 is 6.10 Å². The lowest BCUT2D eigenvalue weighted by Gasteiger charge is -2.32. The smallest absolute Gasteiger partial charge is 0.125 e. The molecular formula is C13H18O3. The zero-order valence-corrected chi connectivity index (χ0v) is 9.93. The standard InChI is InChI=1S/C13H18O3/c1-8(2)13-7-11(14)10-6-9(15-3)4-5-12(10)16-13/h4-6,8,11,13-14H,7H2,1-3H3. The van der Waals surface area contributed by atoms with E-state index in [1.165, 1.54) is 0 Å². The van der Waals surface area contributed by atoms with Crippen molar-refractivity contribution < 1.29 is 14.6 Å². The molecule has 1 aromatic carbocycles. The lowest BCUT2D eigenvalue weighted by molar-refractivity contribution is 0.0425.